The predicted octanol–water partition coefficient (Wildman–Crippen LogP) is 3.25. The van der Waals surface area contributed by atoms with Gasteiger partial charge >= 0.3 is 0 Å². The van der Waals surface area contributed by atoms with Gasteiger partial charge in [0.1, 0.15) is 5.82 Å². The fraction of sp³-hybridized carbons (Fsp3) is 0.278. The summed E-state index contributed by atoms with van der Waals surface area (Å²) in [6, 6.07) is 10.5. The normalized spacial score (nSPS) is 15.7. The van der Waals surface area contributed by atoms with Crippen LogP contribution in [-0.4, -0.2) is 33.3 Å². The van der Waals surface area contributed by atoms with Crippen molar-refractivity contribution in [1.82, 2.24) is 20.2 Å². The molecule has 1 aromatic carbocycles. The Kier molecular flexibility index (Phi) is 3.76. The molecule has 0 amide bonds. The monoisotopic (exact) mass is 305 g/mol. The van der Waals surface area contributed by atoms with E-state index in [1.807, 2.05) is 18.5 Å². The Morgan fingerprint density at radius 1 is 1.00 bits per heavy atom. The van der Waals surface area contributed by atoms with Gasteiger partial charge in [0.05, 0.1) is 12.4 Å². The van der Waals surface area contributed by atoms with Crippen LogP contribution >= 0.6 is 0 Å². The van der Waals surface area contributed by atoms with Gasteiger partial charge in [0.25, 0.3) is 0 Å². The molecule has 5 heteroatoms. The highest BCUT2D eigenvalue weighted by atomic mass is 15.2. The molecule has 3 heterocycles. The van der Waals surface area contributed by atoms with Gasteiger partial charge in [-0.2, -0.15) is 5.10 Å². The minimum absolute atomic E-state index is 0.514. The second-order valence-corrected chi connectivity index (χ2v) is 5.89. The summed E-state index contributed by atoms with van der Waals surface area (Å²) in [5.74, 6) is 1.49. The summed E-state index contributed by atoms with van der Waals surface area (Å²) in [5.41, 5.74) is 3.71. The van der Waals surface area contributed by atoms with E-state index < -0.39 is 0 Å². The highest BCUT2D eigenvalue weighted by molar-refractivity contribution is 5.65. The van der Waals surface area contributed by atoms with E-state index >= 15 is 0 Å². The van der Waals surface area contributed by atoms with Crippen LogP contribution < -0.4 is 4.90 Å². The van der Waals surface area contributed by atoms with Gasteiger partial charge in [0.2, 0.25) is 0 Å². The summed E-state index contributed by atoms with van der Waals surface area (Å²) in [4.78, 5) is 10.9. The van der Waals surface area contributed by atoms with Crippen LogP contribution in [0, 0.1) is 0 Å². The van der Waals surface area contributed by atoms with Crippen LogP contribution in [0.5, 0.6) is 0 Å². The molecule has 1 aliphatic heterocycles. The number of H-pyrrole nitrogens is 1. The molecule has 3 aromatic rings. The maximum Gasteiger partial charge on any atom is 0.147 e. The lowest BCUT2D eigenvalue weighted by Crippen LogP contribution is -2.33. The number of nitrogens with zero attached hydrogens (tertiary/aromatic N) is 4. The first-order valence-corrected chi connectivity index (χ1v) is 8.01. The van der Waals surface area contributed by atoms with E-state index in [1.54, 1.807) is 12.4 Å². The second kappa shape index (κ2) is 6.20. The topological polar surface area (TPSA) is 57.7 Å². The van der Waals surface area contributed by atoms with Crippen molar-refractivity contribution in [2.24, 2.45) is 0 Å². The molecule has 2 aromatic heterocycles. The lowest BCUT2D eigenvalue weighted by molar-refractivity contribution is 0.493. The lowest BCUT2D eigenvalue weighted by atomic mass is 9.89. The average Bonchev–Trinajstić information content (AvgIpc) is 3.13. The third-order valence-electron chi connectivity index (χ3n) is 4.53. The van der Waals surface area contributed by atoms with Gasteiger partial charge in [-0.15, -0.1) is 0 Å². The molecule has 0 bridgehead atoms. The van der Waals surface area contributed by atoms with E-state index in [0.29, 0.717) is 5.92 Å². The summed E-state index contributed by atoms with van der Waals surface area (Å²) in [7, 11) is 0. The van der Waals surface area contributed by atoms with Crippen LogP contribution in [0.1, 0.15) is 24.5 Å². The fourth-order valence-electron chi connectivity index (χ4n) is 3.31. The Morgan fingerprint density at radius 3 is 2.57 bits per heavy atom. The average molecular weight is 305 g/mol. The third-order valence-corrected chi connectivity index (χ3v) is 4.53. The number of piperidine rings is 1. The number of benzene rings is 1. The largest absolute Gasteiger partial charge is 0.355 e. The summed E-state index contributed by atoms with van der Waals surface area (Å²) in [5, 5.41) is 7.52. The van der Waals surface area contributed by atoms with Gasteiger partial charge in [-0.3, -0.25) is 10.1 Å². The summed E-state index contributed by atoms with van der Waals surface area (Å²) >= 11 is 0. The number of aromatic nitrogens is 4. The van der Waals surface area contributed by atoms with Gasteiger partial charge < -0.3 is 4.90 Å². The van der Waals surface area contributed by atoms with Crippen LogP contribution in [0.15, 0.2) is 55.1 Å². The van der Waals surface area contributed by atoms with E-state index in [9.17, 15) is 0 Å². The Morgan fingerprint density at radius 2 is 1.83 bits per heavy atom. The van der Waals surface area contributed by atoms with Gasteiger partial charge in [-0.25, -0.2) is 4.98 Å². The van der Waals surface area contributed by atoms with E-state index in [4.69, 9.17) is 0 Å². The number of aromatic amines is 1. The molecular weight excluding hydrogens is 286 g/mol. The van der Waals surface area contributed by atoms with Crippen LogP contribution in [0.4, 0.5) is 5.82 Å². The van der Waals surface area contributed by atoms with E-state index in [-0.39, 0.29) is 0 Å². The van der Waals surface area contributed by atoms with Crippen molar-refractivity contribution in [3.8, 4) is 11.1 Å². The smallest absolute Gasteiger partial charge is 0.147 e. The zero-order chi connectivity index (χ0) is 15.5. The zero-order valence-corrected chi connectivity index (χ0v) is 12.9. The molecule has 1 fully saturated rings. The zero-order valence-electron chi connectivity index (χ0n) is 12.9. The number of hydrogen-bond donors (Lipinski definition) is 1. The van der Waals surface area contributed by atoms with Gasteiger partial charge in [-0.1, -0.05) is 30.3 Å². The molecule has 0 spiro atoms. The fourth-order valence-corrected chi connectivity index (χ4v) is 3.31. The molecule has 0 aliphatic carbocycles. The molecule has 1 aliphatic rings. The van der Waals surface area contributed by atoms with E-state index in [1.165, 1.54) is 16.8 Å². The number of nitrogens with one attached hydrogen (secondary N) is 1. The summed E-state index contributed by atoms with van der Waals surface area (Å²) in [6.07, 6.45) is 9.44. The molecule has 1 N–H and O–H groups in total. The van der Waals surface area contributed by atoms with Gasteiger partial charge in [0.15, 0.2) is 0 Å². The van der Waals surface area contributed by atoms with Crippen molar-refractivity contribution in [2.45, 2.75) is 18.8 Å². The van der Waals surface area contributed by atoms with Crippen molar-refractivity contribution < 1.29 is 0 Å². The van der Waals surface area contributed by atoms with Crippen molar-refractivity contribution >= 4 is 5.82 Å². The van der Waals surface area contributed by atoms with E-state index in [2.05, 4.69) is 49.3 Å². The first-order chi connectivity index (χ1) is 11.4. The third kappa shape index (κ3) is 2.82. The predicted molar refractivity (Wildman–Crippen MR) is 90.2 cm³/mol. The molecule has 116 valence electrons. The van der Waals surface area contributed by atoms with Gasteiger partial charge in [0, 0.05) is 42.7 Å². The summed E-state index contributed by atoms with van der Waals surface area (Å²) in [6.45, 7) is 1.99. The molecule has 0 atom stereocenters. The first-order valence-electron chi connectivity index (χ1n) is 8.01. The van der Waals surface area contributed by atoms with Crippen LogP contribution in [0.25, 0.3) is 11.1 Å². The van der Waals surface area contributed by atoms with Crippen molar-refractivity contribution in [3.63, 3.8) is 0 Å². The summed E-state index contributed by atoms with van der Waals surface area (Å²) < 4.78 is 0. The Balaban J connectivity index is 1.51. The standard InChI is InChI=1S/C18H19N5/c1-2-4-14(5-3-1)16-12-21-22-18(16)15-6-10-23(11-7-15)17-13-19-8-9-20-17/h1-5,8-9,12-13,15H,6-7,10-11H2,(H,21,22). The second-order valence-electron chi connectivity index (χ2n) is 5.89. The maximum absolute atomic E-state index is 4.40. The molecule has 0 unspecified atom stereocenters. The Labute approximate surface area is 135 Å². The molecule has 5 nitrogen and oxygen atoms in total. The molecular formula is C18H19N5. The van der Waals surface area contributed by atoms with Gasteiger partial charge in [-0.05, 0) is 18.4 Å². The number of rotatable bonds is 3. The van der Waals surface area contributed by atoms with Crippen molar-refractivity contribution in [1.29, 1.82) is 0 Å². The van der Waals surface area contributed by atoms with Crippen LogP contribution in [0.2, 0.25) is 0 Å². The molecule has 4 rings (SSSR count). The number of anilines is 1. The molecule has 23 heavy (non-hydrogen) atoms. The van der Waals surface area contributed by atoms with Crippen molar-refractivity contribution in [3.05, 3.63) is 60.8 Å². The van der Waals surface area contributed by atoms with Crippen molar-refractivity contribution in [2.75, 3.05) is 18.0 Å². The SMILES string of the molecule is c1ccc(-c2cn[nH]c2C2CCN(c3cnccn3)CC2)cc1. The Bertz CT molecular complexity index is 745. The van der Waals surface area contributed by atoms with E-state index in [0.717, 1.165) is 31.7 Å². The first kappa shape index (κ1) is 13.9. The molecule has 0 saturated carbocycles. The van der Waals surface area contributed by atoms with Crippen LogP contribution in [0.3, 0.4) is 0 Å². The highest BCUT2D eigenvalue weighted by Gasteiger charge is 2.25. The van der Waals surface area contributed by atoms with Crippen LogP contribution in [-0.2, 0) is 0 Å². The lowest BCUT2D eigenvalue weighted by Gasteiger charge is -2.32. The maximum atomic E-state index is 4.40. The quantitative estimate of drug-likeness (QED) is 0.807. The molecule has 1 saturated heterocycles. The highest BCUT2D eigenvalue weighted by Crippen LogP contribution is 2.34. The number of hydrogen-bond acceptors (Lipinski definition) is 4. The Hall–Kier alpha value is -2.69. The minimum Gasteiger partial charge on any atom is -0.355 e. The minimum atomic E-state index is 0.514. The molecule has 0 radical (unpaired) electrons.